The first-order valence-corrected chi connectivity index (χ1v) is 24.3. The van der Waals surface area contributed by atoms with Gasteiger partial charge >= 0.3 is 6.01 Å². The molecule has 1 amide bonds. The molecule has 3 aromatic carbocycles. The van der Waals surface area contributed by atoms with Crippen molar-refractivity contribution in [1.82, 2.24) is 30.9 Å². The van der Waals surface area contributed by atoms with E-state index >= 15 is 0 Å². The molecule has 7 N–H and O–H groups in total. The molecule has 2 saturated carbocycles. The molecule has 2 aliphatic carbocycles. The van der Waals surface area contributed by atoms with Gasteiger partial charge in [-0.05, 0) is 133 Å². The minimum atomic E-state index is -2.56. The maximum Gasteiger partial charge on any atom is 0.316 e. The van der Waals surface area contributed by atoms with E-state index in [9.17, 15) is 45.7 Å². The molecule has 23 heteroatoms. The number of nitrogens with one attached hydrogen (secondary N) is 3. The Labute approximate surface area is 442 Å². The minimum Gasteiger partial charge on any atom is -0.488 e. The summed E-state index contributed by atoms with van der Waals surface area (Å²) < 4.78 is 112. The van der Waals surface area contributed by atoms with Gasteiger partial charge in [0.05, 0.1) is 30.8 Å². The van der Waals surface area contributed by atoms with E-state index in [1.54, 1.807) is 48.5 Å². The fourth-order valence-electron chi connectivity index (χ4n) is 8.35. The molecular weight excluding hydrogens is 1030 g/mol. The normalized spacial score (nSPS) is 19.1. The second kappa shape index (κ2) is 25.6. The van der Waals surface area contributed by atoms with E-state index < -0.39 is 63.7 Å². The Morgan fingerprint density at radius 3 is 1.75 bits per heavy atom. The highest BCUT2D eigenvalue weighted by atomic mass is 32.1. The Kier molecular flexibility index (Phi) is 19.8. The number of para-hydroxylation sites is 1. The van der Waals surface area contributed by atoms with Crippen LogP contribution in [0.2, 0.25) is 0 Å². The number of pyridine rings is 2. The summed E-state index contributed by atoms with van der Waals surface area (Å²) in [7, 11) is -1.00. The standard InChI is InChI=1S/C23H27F3N4O3.C17H21F2N3O2.C12H14FNO2S.CH3F/c1-12-5-17(20-29-30-21(33-20)27-13-8-23(31,9-13)11-24)28-19-15(12)6-14(32-10-18(25)26)7-16(19)22(2,3)4;1-9-5-13(16(23)22-20)21-15-11(9)6-10(24-8-14(18)19)7-12(15)17(2,3)4;13-8-12(15)6-9(7-12)14-11(17)16-10-4-2-1-3-5-10;1-2/h5-7,13,18,31H,8-11H2,1-4H3,(H,27,30);5-7,14H,8,20H2,1-4H3,(H,22,23);1-5,9,15H,6-8H2,(H,14,17);1H3/i;;;1D. The van der Waals surface area contributed by atoms with E-state index in [0.29, 0.717) is 46.8 Å². The summed E-state index contributed by atoms with van der Waals surface area (Å²) in [5.41, 5.74) is 4.25. The maximum atomic E-state index is 12.8. The number of hydrogen-bond acceptors (Lipinski definition) is 14. The number of hydrazine groups is 1. The number of nitrogen functional groups attached to an aromatic ring is 1. The van der Waals surface area contributed by atoms with Crippen LogP contribution in [0.5, 0.6) is 17.2 Å². The topological polar surface area (TPSA) is 212 Å². The number of carbonyl (C=O) groups is 1. The number of aliphatic hydroxyl groups is 2. The van der Waals surface area contributed by atoms with Crippen molar-refractivity contribution < 1.29 is 65.7 Å². The molecule has 0 bridgehead atoms. The molecule has 0 atom stereocenters. The monoisotopic (exact) mass is 1090 g/mol. The van der Waals surface area contributed by atoms with E-state index in [-0.39, 0.29) is 58.5 Å². The summed E-state index contributed by atoms with van der Waals surface area (Å²) >= 11 is 5.01. The Bertz CT molecular complexity index is 2940. The molecule has 0 spiro atoms. The van der Waals surface area contributed by atoms with Crippen LogP contribution in [0.15, 0.2) is 71.1 Å². The van der Waals surface area contributed by atoms with Crippen LogP contribution >= 0.6 is 12.2 Å². The highest BCUT2D eigenvalue weighted by Crippen LogP contribution is 2.39. The van der Waals surface area contributed by atoms with E-state index in [1.165, 1.54) is 0 Å². The van der Waals surface area contributed by atoms with Crippen LogP contribution in [0.4, 0.5) is 36.7 Å². The third-order valence-corrected chi connectivity index (χ3v) is 12.4. The van der Waals surface area contributed by atoms with Crippen molar-refractivity contribution in [3.05, 3.63) is 94.7 Å². The van der Waals surface area contributed by atoms with Gasteiger partial charge in [-0.15, -0.1) is 5.10 Å². The minimum absolute atomic E-state index is 0.00744. The molecule has 414 valence electrons. The van der Waals surface area contributed by atoms with Gasteiger partial charge in [0.2, 0.25) is 0 Å². The van der Waals surface area contributed by atoms with Crippen molar-refractivity contribution >= 4 is 51.1 Å². The third-order valence-electron chi connectivity index (χ3n) is 12.2. The molecule has 0 unspecified atom stereocenters. The molecule has 2 aliphatic rings. The Morgan fingerprint density at radius 1 is 0.789 bits per heavy atom. The summed E-state index contributed by atoms with van der Waals surface area (Å²) in [5, 5.41) is 35.1. The quantitative estimate of drug-likeness (QED) is 0.0197. The maximum absolute atomic E-state index is 12.8. The summed E-state index contributed by atoms with van der Waals surface area (Å²) in [6.45, 7) is 12.8. The highest BCUT2D eigenvalue weighted by molar-refractivity contribution is 7.80. The van der Waals surface area contributed by atoms with Crippen LogP contribution < -0.4 is 36.1 Å². The number of fused-ring (bicyclic) bond motifs is 2. The van der Waals surface area contributed by atoms with Crippen LogP contribution in [0.25, 0.3) is 33.4 Å². The number of thiocarbonyl (C=S) groups is 1. The Morgan fingerprint density at radius 2 is 1.28 bits per heavy atom. The number of halogens is 7. The number of aromatic nitrogens is 4. The number of alkyl halides is 7. The van der Waals surface area contributed by atoms with Gasteiger partial charge in [0.25, 0.3) is 29.8 Å². The fourth-order valence-corrected chi connectivity index (χ4v) is 8.61. The van der Waals surface area contributed by atoms with Crippen molar-refractivity contribution in [2.75, 3.05) is 39.0 Å². The second-order valence-corrected chi connectivity index (χ2v) is 21.0. The van der Waals surface area contributed by atoms with Crippen molar-refractivity contribution in [3.63, 3.8) is 0 Å². The second-order valence-electron chi connectivity index (χ2n) is 20.6. The van der Waals surface area contributed by atoms with Gasteiger partial charge in [0.15, 0.2) is 0 Å². The number of hydrogen-bond donors (Lipinski definition) is 6. The predicted octanol–water partition coefficient (Wildman–Crippen LogP) is 10.3. The van der Waals surface area contributed by atoms with Crippen LogP contribution in [0.3, 0.4) is 0 Å². The zero-order chi connectivity index (χ0) is 57.0. The average molecular weight is 1090 g/mol. The number of amides is 1. The lowest BCUT2D eigenvalue weighted by Crippen LogP contribution is -2.56. The lowest BCUT2D eigenvalue weighted by molar-refractivity contribution is -0.0683. The number of benzene rings is 3. The molecule has 0 aliphatic heterocycles. The van der Waals surface area contributed by atoms with Crippen LogP contribution in [0, 0.1) is 13.8 Å². The van der Waals surface area contributed by atoms with Crippen LogP contribution in [-0.2, 0) is 10.8 Å². The van der Waals surface area contributed by atoms with Gasteiger partial charge in [-0.2, -0.15) is 0 Å². The number of nitrogens with two attached hydrogens (primary N) is 1. The van der Waals surface area contributed by atoms with Gasteiger partial charge in [-0.3, -0.25) is 14.6 Å². The Balaban J connectivity index is 0.000000218. The molecule has 6 aromatic rings. The SMILES string of the molecule is Cc1cc(-c2nnc(NC3CC(O)(CF)C3)o2)nc2c(C(C)(C)C)cc(OCC(F)F)cc12.Cc1cc(C(=O)NN)nc2c(C(C)(C)C)cc(OCC(F)F)cc12.OC1(CF)CC(NC(=S)Oc2ccccc2)C1.[2H]CF. The van der Waals surface area contributed by atoms with Crippen LogP contribution in [-0.4, -0.2) is 111 Å². The number of ether oxygens (including phenoxy) is 3. The summed E-state index contributed by atoms with van der Waals surface area (Å²) in [6, 6.07) is 19.4. The zero-order valence-corrected chi connectivity index (χ0v) is 44.2. The zero-order valence-electron chi connectivity index (χ0n) is 44.4. The molecule has 0 radical (unpaired) electrons. The third kappa shape index (κ3) is 16.1. The molecule has 15 nitrogen and oxygen atoms in total. The van der Waals surface area contributed by atoms with Crippen molar-refractivity contribution in [2.45, 2.75) is 128 Å². The van der Waals surface area contributed by atoms with Gasteiger partial charge in [-0.25, -0.2) is 42.2 Å². The fraction of sp³-hybridized carbons (Fsp3) is 0.472. The summed E-state index contributed by atoms with van der Waals surface area (Å²) in [6.07, 6.45) is -3.86. The van der Waals surface area contributed by atoms with Gasteiger partial charge in [0.1, 0.15) is 55.2 Å². The van der Waals surface area contributed by atoms with Crippen LogP contribution in [0.1, 0.15) is 101 Å². The number of rotatable bonds is 14. The van der Waals surface area contributed by atoms with E-state index in [1.807, 2.05) is 73.6 Å². The largest absolute Gasteiger partial charge is 0.488 e. The summed E-state index contributed by atoms with van der Waals surface area (Å²) in [5.74, 6) is 6.28. The molecular formula is C53H65F7N8O7S. The molecule has 2 fully saturated rings. The number of nitrogens with zero attached hydrogens (tertiary/aromatic N) is 4. The smallest absolute Gasteiger partial charge is 0.316 e. The predicted molar refractivity (Wildman–Crippen MR) is 280 cm³/mol. The average Bonchev–Trinajstić information content (AvgIpc) is 3.82. The van der Waals surface area contributed by atoms with Gasteiger partial charge in [-0.1, -0.05) is 64.8 Å². The molecule has 0 saturated heterocycles. The first kappa shape index (κ1) is 58.8. The molecule has 8 rings (SSSR count). The van der Waals surface area contributed by atoms with Crippen molar-refractivity contribution in [1.29, 1.82) is 0 Å². The first-order valence-electron chi connectivity index (χ1n) is 24.6. The molecule has 3 heterocycles. The number of aryl methyl sites for hydroxylation is 2. The number of anilines is 1. The number of carbonyl (C=O) groups excluding carboxylic acids is 1. The highest BCUT2D eigenvalue weighted by Gasteiger charge is 2.44. The first-order chi connectivity index (χ1) is 36.1. The van der Waals surface area contributed by atoms with Gasteiger partial charge in [0, 0.05) is 22.9 Å². The molecule has 3 aromatic heterocycles. The van der Waals surface area contributed by atoms with Crippen molar-refractivity contribution in [2.24, 2.45) is 5.84 Å². The van der Waals surface area contributed by atoms with Crippen molar-refractivity contribution in [3.8, 4) is 28.8 Å². The molecule has 76 heavy (non-hydrogen) atoms. The van der Waals surface area contributed by atoms with E-state index in [2.05, 4.69) is 31.2 Å². The lowest BCUT2D eigenvalue weighted by atomic mass is 9.77. The van der Waals surface area contributed by atoms with E-state index in [0.717, 1.165) is 33.0 Å². The van der Waals surface area contributed by atoms with Gasteiger partial charge < -0.3 is 39.5 Å². The summed E-state index contributed by atoms with van der Waals surface area (Å²) in [4.78, 5) is 21.0. The van der Waals surface area contributed by atoms with E-state index in [4.69, 9.17) is 43.0 Å². The lowest BCUT2D eigenvalue weighted by Gasteiger charge is -2.42. The Hall–Kier alpha value is -6.43.